The molecular weight excluding hydrogens is 250 g/mol. The lowest BCUT2D eigenvalue weighted by Gasteiger charge is -2.26. The number of benzene rings is 1. The SMILES string of the molecule is CSC(=Nc1ccc(OC2COC2)cc1)NC#N. The van der Waals surface area contributed by atoms with Crippen LogP contribution >= 0.6 is 11.8 Å². The van der Waals surface area contributed by atoms with E-state index in [4.69, 9.17) is 14.7 Å². The van der Waals surface area contributed by atoms with Gasteiger partial charge in [0.15, 0.2) is 11.4 Å². The average molecular weight is 263 g/mol. The van der Waals surface area contributed by atoms with Crippen LogP contribution in [0, 0.1) is 11.5 Å². The zero-order chi connectivity index (χ0) is 12.8. The highest BCUT2D eigenvalue weighted by Gasteiger charge is 2.19. The molecule has 1 N–H and O–H groups in total. The molecule has 18 heavy (non-hydrogen) atoms. The van der Waals surface area contributed by atoms with Gasteiger partial charge in [0.2, 0.25) is 0 Å². The zero-order valence-corrected chi connectivity index (χ0v) is 10.7. The minimum atomic E-state index is 0.168. The van der Waals surface area contributed by atoms with E-state index in [1.54, 1.807) is 0 Å². The Kier molecular flexibility index (Phi) is 4.45. The van der Waals surface area contributed by atoms with Crippen molar-refractivity contribution in [2.75, 3.05) is 19.5 Å². The van der Waals surface area contributed by atoms with Crippen molar-refractivity contribution in [1.29, 1.82) is 5.26 Å². The molecule has 1 aromatic carbocycles. The molecule has 1 aromatic rings. The number of nitrogens with zero attached hydrogens (tertiary/aromatic N) is 2. The largest absolute Gasteiger partial charge is 0.486 e. The van der Waals surface area contributed by atoms with Gasteiger partial charge in [-0.05, 0) is 30.5 Å². The summed E-state index contributed by atoms with van der Waals surface area (Å²) in [6.07, 6.45) is 3.88. The number of amidine groups is 1. The fraction of sp³-hybridized carbons (Fsp3) is 0.333. The van der Waals surface area contributed by atoms with Crippen molar-refractivity contribution >= 4 is 22.6 Å². The first-order chi connectivity index (χ1) is 8.81. The minimum absolute atomic E-state index is 0.168. The molecule has 0 atom stereocenters. The van der Waals surface area contributed by atoms with Crippen molar-refractivity contribution in [3.05, 3.63) is 24.3 Å². The van der Waals surface area contributed by atoms with Gasteiger partial charge in [-0.2, -0.15) is 5.26 Å². The maximum Gasteiger partial charge on any atom is 0.183 e. The number of rotatable bonds is 3. The number of hydrogen-bond donors (Lipinski definition) is 1. The van der Waals surface area contributed by atoms with Gasteiger partial charge in [-0.15, -0.1) is 0 Å². The van der Waals surface area contributed by atoms with Gasteiger partial charge in [0, 0.05) is 0 Å². The second-order valence-electron chi connectivity index (χ2n) is 3.63. The molecule has 1 heterocycles. The van der Waals surface area contributed by atoms with Crippen LogP contribution in [-0.2, 0) is 4.74 Å². The lowest BCUT2D eigenvalue weighted by atomic mass is 10.3. The van der Waals surface area contributed by atoms with E-state index in [1.807, 2.05) is 36.7 Å². The normalized spacial score (nSPS) is 15.7. The van der Waals surface area contributed by atoms with Gasteiger partial charge in [-0.1, -0.05) is 11.8 Å². The Morgan fingerprint density at radius 2 is 2.22 bits per heavy atom. The van der Waals surface area contributed by atoms with Gasteiger partial charge in [0.05, 0.1) is 18.9 Å². The molecule has 1 saturated heterocycles. The van der Waals surface area contributed by atoms with E-state index >= 15 is 0 Å². The van der Waals surface area contributed by atoms with E-state index in [0.717, 1.165) is 11.4 Å². The first-order valence-electron chi connectivity index (χ1n) is 5.44. The van der Waals surface area contributed by atoms with E-state index in [9.17, 15) is 0 Å². The highest BCUT2D eigenvalue weighted by Crippen LogP contribution is 2.21. The second-order valence-corrected chi connectivity index (χ2v) is 4.42. The monoisotopic (exact) mass is 263 g/mol. The van der Waals surface area contributed by atoms with Gasteiger partial charge in [0.1, 0.15) is 11.9 Å². The van der Waals surface area contributed by atoms with Crippen LogP contribution in [0.1, 0.15) is 0 Å². The molecular formula is C12H13N3O2S. The lowest BCUT2D eigenvalue weighted by molar-refractivity contribution is -0.0796. The number of aliphatic imine (C=N–C) groups is 1. The summed E-state index contributed by atoms with van der Waals surface area (Å²) in [5, 5.41) is 11.6. The highest BCUT2D eigenvalue weighted by molar-refractivity contribution is 8.13. The van der Waals surface area contributed by atoms with Gasteiger partial charge in [-0.3, -0.25) is 5.32 Å². The molecule has 0 saturated carbocycles. The molecule has 0 aliphatic carbocycles. The smallest absolute Gasteiger partial charge is 0.183 e. The van der Waals surface area contributed by atoms with Crippen LogP contribution in [0.5, 0.6) is 5.75 Å². The third-order valence-electron chi connectivity index (χ3n) is 2.33. The van der Waals surface area contributed by atoms with E-state index in [0.29, 0.717) is 18.4 Å². The first kappa shape index (κ1) is 12.7. The summed E-state index contributed by atoms with van der Waals surface area (Å²) in [7, 11) is 0. The van der Waals surface area contributed by atoms with Gasteiger partial charge in [-0.25, -0.2) is 4.99 Å². The lowest BCUT2D eigenvalue weighted by Crippen LogP contribution is -2.38. The first-order valence-corrected chi connectivity index (χ1v) is 6.66. The highest BCUT2D eigenvalue weighted by atomic mass is 32.2. The Balaban J connectivity index is 2.00. The Morgan fingerprint density at radius 3 is 2.72 bits per heavy atom. The summed E-state index contributed by atoms with van der Waals surface area (Å²) in [6.45, 7) is 1.31. The molecule has 0 aromatic heterocycles. The second kappa shape index (κ2) is 6.28. The van der Waals surface area contributed by atoms with Crippen LogP contribution in [0.15, 0.2) is 29.3 Å². The summed E-state index contributed by atoms with van der Waals surface area (Å²) in [5.74, 6) is 0.807. The summed E-state index contributed by atoms with van der Waals surface area (Å²) in [6, 6.07) is 7.43. The van der Waals surface area contributed by atoms with Crippen LogP contribution in [0.3, 0.4) is 0 Å². The Labute approximate surface area is 110 Å². The third kappa shape index (κ3) is 3.39. The predicted octanol–water partition coefficient (Wildman–Crippen LogP) is 1.89. The van der Waals surface area contributed by atoms with Crippen LogP contribution < -0.4 is 10.1 Å². The number of nitriles is 1. The van der Waals surface area contributed by atoms with Crippen molar-refractivity contribution in [2.45, 2.75) is 6.10 Å². The molecule has 1 aliphatic rings. The predicted molar refractivity (Wildman–Crippen MR) is 71.0 cm³/mol. The molecule has 0 spiro atoms. The van der Waals surface area contributed by atoms with Crippen molar-refractivity contribution in [1.82, 2.24) is 5.32 Å². The van der Waals surface area contributed by atoms with Crippen molar-refractivity contribution in [3.63, 3.8) is 0 Å². The average Bonchev–Trinajstić information content (AvgIpc) is 2.35. The molecule has 0 bridgehead atoms. The summed E-state index contributed by atoms with van der Waals surface area (Å²) in [5.41, 5.74) is 0.777. The number of thioether (sulfide) groups is 1. The van der Waals surface area contributed by atoms with Crippen molar-refractivity contribution in [3.8, 4) is 11.9 Å². The molecule has 1 aliphatic heterocycles. The quantitative estimate of drug-likeness (QED) is 0.390. The van der Waals surface area contributed by atoms with E-state index < -0.39 is 0 Å². The maximum atomic E-state index is 8.54. The van der Waals surface area contributed by atoms with Crippen LogP contribution in [0.25, 0.3) is 0 Å². The Hall–Kier alpha value is -1.71. The van der Waals surface area contributed by atoms with E-state index in [-0.39, 0.29) is 6.10 Å². The molecule has 0 unspecified atom stereocenters. The number of nitrogens with one attached hydrogen (secondary N) is 1. The fourth-order valence-electron chi connectivity index (χ4n) is 1.36. The fourth-order valence-corrected chi connectivity index (χ4v) is 1.71. The molecule has 1 fully saturated rings. The zero-order valence-electron chi connectivity index (χ0n) is 9.92. The number of hydrogen-bond acceptors (Lipinski definition) is 5. The van der Waals surface area contributed by atoms with E-state index in [2.05, 4.69) is 10.3 Å². The van der Waals surface area contributed by atoms with Crippen molar-refractivity contribution in [2.24, 2.45) is 4.99 Å². The summed E-state index contributed by atoms with van der Waals surface area (Å²) >= 11 is 1.39. The molecule has 94 valence electrons. The number of ether oxygens (including phenoxy) is 2. The van der Waals surface area contributed by atoms with Crippen LogP contribution in [-0.4, -0.2) is 30.7 Å². The Morgan fingerprint density at radius 1 is 1.50 bits per heavy atom. The van der Waals surface area contributed by atoms with E-state index in [1.165, 1.54) is 11.8 Å². The maximum absolute atomic E-state index is 8.54. The summed E-state index contributed by atoms with van der Waals surface area (Å²) < 4.78 is 10.7. The van der Waals surface area contributed by atoms with Crippen LogP contribution in [0.4, 0.5) is 5.69 Å². The van der Waals surface area contributed by atoms with Crippen LogP contribution in [0.2, 0.25) is 0 Å². The summed E-state index contributed by atoms with van der Waals surface area (Å²) in [4.78, 5) is 4.29. The Bertz CT molecular complexity index is 463. The third-order valence-corrected chi connectivity index (χ3v) is 2.91. The minimum Gasteiger partial charge on any atom is -0.486 e. The van der Waals surface area contributed by atoms with Gasteiger partial charge in [0.25, 0.3) is 0 Å². The van der Waals surface area contributed by atoms with Gasteiger partial charge >= 0.3 is 0 Å². The van der Waals surface area contributed by atoms with Crippen molar-refractivity contribution < 1.29 is 9.47 Å². The van der Waals surface area contributed by atoms with Gasteiger partial charge < -0.3 is 9.47 Å². The molecule has 6 heteroatoms. The molecule has 0 radical (unpaired) electrons. The topological polar surface area (TPSA) is 66.6 Å². The molecule has 0 amide bonds. The molecule has 5 nitrogen and oxygen atoms in total. The standard InChI is InChI=1S/C12H13N3O2S/c1-18-12(14-8-13)15-9-2-4-10(5-3-9)17-11-6-16-7-11/h2-5,11H,6-7H2,1H3,(H,14,15). The molecule has 2 rings (SSSR count).